The molecule has 1 aromatic heterocycles. The van der Waals surface area contributed by atoms with Crippen LogP contribution in [0.1, 0.15) is 73.3 Å². The Kier molecular flexibility index (Phi) is 6.77. The molecule has 0 bridgehead atoms. The fourth-order valence-electron chi connectivity index (χ4n) is 4.78. The van der Waals surface area contributed by atoms with E-state index < -0.39 is 0 Å². The first kappa shape index (κ1) is 22.3. The highest BCUT2D eigenvalue weighted by Crippen LogP contribution is 2.27. The second kappa shape index (κ2) is 9.71. The van der Waals surface area contributed by atoms with Crippen molar-refractivity contribution in [3.8, 4) is 5.69 Å². The summed E-state index contributed by atoms with van der Waals surface area (Å²) in [5, 5.41) is 14.6. The third-order valence-corrected chi connectivity index (χ3v) is 6.55. The van der Waals surface area contributed by atoms with Crippen molar-refractivity contribution in [3.63, 3.8) is 0 Å². The van der Waals surface area contributed by atoms with Gasteiger partial charge in [0.05, 0.1) is 11.4 Å². The second-order valence-corrected chi connectivity index (χ2v) is 9.34. The lowest BCUT2D eigenvalue weighted by Gasteiger charge is -2.30. The SMILES string of the molecule is Cc1c(C(=O)NCC2CCCCC2)nnn1-c1cccc2c1CCN(C(=O)NC(C)C)C2. The summed E-state index contributed by atoms with van der Waals surface area (Å²) in [6.45, 7) is 7.73. The van der Waals surface area contributed by atoms with Crippen molar-refractivity contribution in [2.24, 2.45) is 5.92 Å². The number of aromatic nitrogens is 3. The molecule has 8 nitrogen and oxygen atoms in total. The molecule has 0 saturated heterocycles. The van der Waals surface area contributed by atoms with Gasteiger partial charge in [0, 0.05) is 25.7 Å². The molecule has 4 rings (SSSR count). The lowest BCUT2D eigenvalue weighted by Crippen LogP contribution is -2.45. The number of carbonyl (C=O) groups excluding carboxylic acids is 2. The monoisotopic (exact) mass is 438 g/mol. The minimum Gasteiger partial charge on any atom is -0.350 e. The third kappa shape index (κ3) is 4.79. The molecule has 0 unspecified atom stereocenters. The quantitative estimate of drug-likeness (QED) is 0.749. The topological polar surface area (TPSA) is 92.2 Å². The Labute approximate surface area is 189 Å². The molecule has 1 saturated carbocycles. The van der Waals surface area contributed by atoms with E-state index in [4.69, 9.17) is 0 Å². The van der Waals surface area contributed by atoms with Gasteiger partial charge < -0.3 is 15.5 Å². The maximum Gasteiger partial charge on any atom is 0.317 e. The van der Waals surface area contributed by atoms with Crippen molar-refractivity contribution < 1.29 is 9.59 Å². The summed E-state index contributed by atoms with van der Waals surface area (Å²) in [5.74, 6) is 0.417. The molecule has 172 valence electrons. The summed E-state index contributed by atoms with van der Waals surface area (Å²) in [6, 6.07) is 6.11. The zero-order valence-corrected chi connectivity index (χ0v) is 19.4. The molecule has 1 fully saturated rings. The van der Waals surface area contributed by atoms with Gasteiger partial charge in [0.15, 0.2) is 5.69 Å². The smallest absolute Gasteiger partial charge is 0.317 e. The number of hydrogen-bond acceptors (Lipinski definition) is 4. The zero-order chi connectivity index (χ0) is 22.7. The Morgan fingerprint density at radius 2 is 1.97 bits per heavy atom. The van der Waals surface area contributed by atoms with Crippen molar-refractivity contribution in [1.29, 1.82) is 0 Å². The van der Waals surface area contributed by atoms with Gasteiger partial charge >= 0.3 is 6.03 Å². The van der Waals surface area contributed by atoms with Gasteiger partial charge in [0.25, 0.3) is 5.91 Å². The molecule has 1 aliphatic carbocycles. The normalized spacial score (nSPS) is 16.7. The van der Waals surface area contributed by atoms with Crippen LogP contribution in [0.4, 0.5) is 4.79 Å². The fourth-order valence-corrected chi connectivity index (χ4v) is 4.78. The highest BCUT2D eigenvalue weighted by Gasteiger charge is 2.25. The largest absolute Gasteiger partial charge is 0.350 e. The van der Waals surface area contributed by atoms with Crippen LogP contribution in [0.3, 0.4) is 0 Å². The van der Waals surface area contributed by atoms with Crippen LogP contribution in [0, 0.1) is 12.8 Å². The van der Waals surface area contributed by atoms with Gasteiger partial charge in [-0.15, -0.1) is 5.10 Å². The number of hydrogen-bond donors (Lipinski definition) is 2. The molecule has 2 heterocycles. The molecule has 0 atom stereocenters. The van der Waals surface area contributed by atoms with Crippen LogP contribution in [0.15, 0.2) is 18.2 Å². The minimum atomic E-state index is -0.152. The lowest BCUT2D eigenvalue weighted by atomic mass is 9.89. The highest BCUT2D eigenvalue weighted by atomic mass is 16.2. The van der Waals surface area contributed by atoms with Gasteiger partial charge in [-0.3, -0.25) is 4.79 Å². The second-order valence-electron chi connectivity index (χ2n) is 9.34. The molecule has 0 spiro atoms. The summed E-state index contributed by atoms with van der Waals surface area (Å²) >= 11 is 0. The summed E-state index contributed by atoms with van der Waals surface area (Å²) in [4.78, 5) is 27.0. The molecular weight excluding hydrogens is 404 g/mol. The van der Waals surface area contributed by atoms with Crippen LogP contribution in [-0.4, -0.2) is 51.0 Å². The summed E-state index contributed by atoms with van der Waals surface area (Å²) in [5.41, 5.74) is 4.31. The van der Waals surface area contributed by atoms with Crippen molar-refractivity contribution >= 4 is 11.9 Å². The van der Waals surface area contributed by atoms with Crippen molar-refractivity contribution in [2.75, 3.05) is 13.1 Å². The van der Waals surface area contributed by atoms with Gasteiger partial charge in [-0.05, 0) is 63.1 Å². The maximum absolute atomic E-state index is 12.8. The number of amides is 3. The minimum absolute atomic E-state index is 0.0371. The molecule has 1 aliphatic heterocycles. The van der Waals surface area contributed by atoms with Crippen molar-refractivity contribution in [3.05, 3.63) is 40.7 Å². The molecule has 2 aliphatic rings. The number of rotatable bonds is 5. The van der Waals surface area contributed by atoms with Crippen LogP contribution in [0.25, 0.3) is 5.69 Å². The number of urea groups is 1. The predicted molar refractivity (Wildman–Crippen MR) is 123 cm³/mol. The molecule has 2 aromatic rings. The molecule has 3 amide bonds. The van der Waals surface area contributed by atoms with Gasteiger partial charge in [-0.1, -0.05) is 36.6 Å². The molecule has 32 heavy (non-hydrogen) atoms. The van der Waals surface area contributed by atoms with Crippen molar-refractivity contribution in [1.82, 2.24) is 30.5 Å². The molecular formula is C24H34N6O2. The van der Waals surface area contributed by atoms with Crippen LogP contribution in [0.5, 0.6) is 0 Å². The van der Waals surface area contributed by atoms with Gasteiger partial charge in [-0.25, -0.2) is 9.48 Å². The summed E-state index contributed by atoms with van der Waals surface area (Å²) in [7, 11) is 0. The lowest BCUT2D eigenvalue weighted by molar-refractivity contribution is 0.0937. The van der Waals surface area contributed by atoms with E-state index in [-0.39, 0.29) is 18.0 Å². The average molecular weight is 439 g/mol. The fraction of sp³-hybridized carbons (Fsp3) is 0.583. The van der Waals surface area contributed by atoms with Crippen LogP contribution in [-0.2, 0) is 13.0 Å². The Hall–Kier alpha value is -2.90. The Morgan fingerprint density at radius 3 is 2.72 bits per heavy atom. The van der Waals surface area contributed by atoms with E-state index in [1.54, 1.807) is 4.68 Å². The molecule has 1 aromatic carbocycles. The maximum atomic E-state index is 12.8. The Bertz CT molecular complexity index is 977. The van der Waals surface area contributed by atoms with Gasteiger partial charge in [0.1, 0.15) is 0 Å². The first-order valence-electron chi connectivity index (χ1n) is 11.8. The van der Waals surface area contributed by atoms with E-state index in [2.05, 4.69) is 27.0 Å². The Balaban J connectivity index is 1.49. The number of benzene rings is 1. The molecule has 0 radical (unpaired) electrons. The van der Waals surface area contributed by atoms with Crippen LogP contribution < -0.4 is 10.6 Å². The predicted octanol–water partition coefficient (Wildman–Crippen LogP) is 3.36. The van der Waals surface area contributed by atoms with Crippen LogP contribution >= 0.6 is 0 Å². The van der Waals surface area contributed by atoms with E-state index in [0.29, 0.717) is 31.2 Å². The molecule has 2 N–H and O–H groups in total. The van der Waals surface area contributed by atoms with E-state index in [1.807, 2.05) is 37.8 Å². The number of fused-ring (bicyclic) bond motifs is 1. The first-order valence-corrected chi connectivity index (χ1v) is 11.8. The van der Waals surface area contributed by atoms with Crippen molar-refractivity contribution in [2.45, 2.75) is 71.9 Å². The van der Waals surface area contributed by atoms with Gasteiger partial charge in [0.2, 0.25) is 0 Å². The van der Waals surface area contributed by atoms with E-state index >= 15 is 0 Å². The zero-order valence-electron chi connectivity index (χ0n) is 19.4. The average Bonchev–Trinajstić information content (AvgIpc) is 3.18. The first-order chi connectivity index (χ1) is 15.4. The van der Waals surface area contributed by atoms with Gasteiger partial charge in [-0.2, -0.15) is 0 Å². The number of carbonyl (C=O) groups is 2. The third-order valence-electron chi connectivity index (χ3n) is 6.55. The van der Waals surface area contributed by atoms with Crippen LogP contribution in [0.2, 0.25) is 0 Å². The molecule has 8 heteroatoms. The summed E-state index contributed by atoms with van der Waals surface area (Å²) < 4.78 is 1.76. The van der Waals surface area contributed by atoms with E-state index in [9.17, 15) is 9.59 Å². The number of nitrogens with one attached hydrogen (secondary N) is 2. The Morgan fingerprint density at radius 1 is 1.19 bits per heavy atom. The highest BCUT2D eigenvalue weighted by molar-refractivity contribution is 5.93. The summed E-state index contributed by atoms with van der Waals surface area (Å²) in [6.07, 6.45) is 6.93. The number of nitrogens with zero attached hydrogens (tertiary/aromatic N) is 4. The van der Waals surface area contributed by atoms with E-state index in [1.165, 1.54) is 32.1 Å². The standard InChI is InChI=1S/C24H34N6O2/c1-16(2)26-24(32)29-13-12-20-19(15-29)10-7-11-21(20)30-17(3)22(27-28-30)23(31)25-14-18-8-5-4-6-9-18/h7,10-11,16,18H,4-6,8-9,12-15H2,1-3H3,(H,25,31)(H,26,32). The van der Waals surface area contributed by atoms with E-state index in [0.717, 1.165) is 28.9 Å².